The molecule has 3 aliphatic rings. The summed E-state index contributed by atoms with van der Waals surface area (Å²) in [7, 11) is 2.49. The van der Waals surface area contributed by atoms with E-state index in [0.29, 0.717) is 67.0 Å². The second kappa shape index (κ2) is 18.5. The van der Waals surface area contributed by atoms with Crippen LogP contribution in [0.3, 0.4) is 0 Å². The highest BCUT2D eigenvalue weighted by Gasteiger charge is 2.41. The largest absolute Gasteiger partial charge is 0.453 e. The number of carbonyl (C=O) groups is 4. The van der Waals surface area contributed by atoms with Crippen LogP contribution in [-0.4, -0.2) is 93.1 Å². The lowest BCUT2D eigenvalue weighted by atomic mass is 10.0. The van der Waals surface area contributed by atoms with Gasteiger partial charge in [-0.1, -0.05) is 39.8 Å². The van der Waals surface area contributed by atoms with Gasteiger partial charge in [-0.05, 0) is 104 Å². The molecule has 0 bridgehead atoms. The first kappa shape index (κ1) is 46.1. The van der Waals surface area contributed by atoms with Crippen LogP contribution in [0, 0.1) is 17.7 Å². The van der Waals surface area contributed by atoms with Gasteiger partial charge in [0.15, 0.2) is 0 Å². The lowest BCUT2D eigenvalue weighted by molar-refractivity contribution is -0.140. The Morgan fingerprint density at radius 2 is 1.18 bits per heavy atom. The summed E-state index contributed by atoms with van der Waals surface area (Å²) in [6, 6.07) is 11.4. The number of aromatic amines is 2. The summed E-state index contributed by atoms with van der Waals surface area (Å²) in [5.74, 6) is -1.06. The minimum Gasteiger partial charge on any atom is -0.453 e. The number of rotatable bonds is 11. The lowest BCUT2D eigenvalue weighted by Gasteiger charge is -2.33. The molecule has 0 radical (unpaired) electrons. The molecule has 6 atom stereocenters. The Balaban J connectivity index is 1.10. The Morgan fingerprint density at radius 1 is 0.667 bits per heavy atom. The van der Waals surface area contributed by atoms with Crippen LogP contribution >= 0.6 is 0 Å². The van der Waals surface area contributed by atoms with Crippen LogP contribution in [0.4, 0.5) is 32.8 Å². The third-order valence-electron chi connectivity index (χ3n) is 13.2. The summed E-state index contributed by atoms with van der Waals surface area (Å²) in [6.07, 6.45) is -2.32. The fourth-order valence-electron chi connectivity index (χ4n) is 9.93. The van der Waals surface area contributed by atoms with Gasteiger partial charge in [0.1, 0.15) is 29.5 Å². The minimum absolute atomic E-state index is 0.201. The molecule has 8 rings (SSSR count). The molecule has 2 aromatic heterocycles. The monoisotopic (exact) mass is 917 g/mol. The van der Waals surface area contributed by atoms with Gasteiger partial charge in [-0.3, -0.25) is 9.59 Å². The molecule has 0 unspecified atom stereocenters. The number of ether oxygens (including phenoxy) is 2. The van der Waals surface area contributed by atoms with Crippen molar-refractivity contribution >= 4 is 51.8 Å². The Labute approximate surface area is 379 Å². The van der Waals surface area contributed by atoms with E-state index in [-0.39, 0.29) is 47.5 Å². The molecular formula is C47H55F4N9O6. The average molecular weight is 918 g/mol. The van der Waals surface area contributed by atoms with Gasteiger partial charge in [-0.25, -0.2) is 23.9 Å². The van der Waals surface area contributed by atoms with Crippen molar-refractivity contribution in [1.29, 1.82) is 0 Å². The summed E-state index contributed by atoms with van der Waals surface area (Å²) >= 11 is 0. The number of halogens is 4. The van der Waals surface area contributed by atoms with Crippen molar-refractivity contribution in [2.75, 3.05) is 32.2 Å². The van der Waals surface area contributed by atoms with E-state index in [2.05, 4.69) is 20.6 Å². The molecule has 4 amide bonds. The number of likely N-dealkylation sites (tertiary alicyclic amines) is 2. The molecule has 5 aromatic rings. The van der Waals surface area contributed by atoms with Crippen molar-refractivity contribution < 1.29 is 46.2 Å². The van der Waals surface area contributed by atoms with Gasteiger partial charge in [-0.2, -0.15) is 13.2 Å². The summed E-state index contributed by atoms with van der Waals surface area (Å²) in [4.78, 5) is 74.0. The van der Waals surface area contributed by atoms with Gasteiger partial charge in [0.25, 0.3) is 0 Å². The number of benzene rings is 3. The third-order valence-corrected chi connectivity index (χ3v) is 13.2. The molecule has 4 N–H and O–H groups in total. The van der Waals surface area contributed by atoms with E-state index < -0.39 is 47.9 Å². The molecule has 5 heterocycles. The summed E-state index contributed by atoms with van der Waals surface area (Å²) in [6.45, 7) is 8.36. The fraction of sp³-hybridized carbons (Fsp3) is 0.489. The van der Waals surface area contributed by atoms with Crippen molar-refractivity contribution in [3.05, 3.63) is 88.8 Å². The molecule has 0 aliphatic carbocycles. The van der Waals surface area contributed by atoms with Crippen LogP contribution in [0.15, 0.2) is 54.6 Å². The molecule has 0 saturated carbocycles. The van der Waals surface area contributed by atoms with Crippen LogP contribution in [0.5, 0.6) is 0 Å². The number of amides is 4. The van der Waals surface area contributed by atoms with E-state index in [1.54, 1.807) is 9.80 Å². The number of alkyl halides is 3. The number of fused-ring (bicyclic) bond motifs is 2. The molecule has 66 heavy (non-hydrogen) atoms. The van der Waals surface area contributed by atoms with Crippen molar-refractivity contribution in [2.45, 2.75) is 109 Å². The zero-order valence-corrected chi connectivity index (χ0v) is 37.7. The molecule has 3 saturated heterocycles. The summed E-state index contributed by atoms with van der Waals surface area (Å²) in [5.41, 5.74) is 3.29. The van der Waals surface area contributed by atoms with E-state index in [0.717, 1.165) is 41.6 Å². The Hall–Kier alpha value is -6.40. The van der Waals surface area contributed by atoms with Gasteiger partial charge in [0.2, 0.25) is 11.8 Å². The van der Waals surface area contributed by atoms with Crippen LogP contribution in [0.1, 0.15) is 119 Å². The van der Waals surface area contributed by atoms with Gasteiger partial charge < -0.3 is 44.8 Å². The van der Waals surface area contributed by atoms with Gasteiger partial charge in [0.05, 0.1) is 66.0 Å². The number of H-pyrrole nitrogens is 2. The number of nitrogens with one attached hydrogen (secondary N) is 4. The molecule has 3 aromatic carbocycles. The van der Waals surface area contributed by atoms with Crippen LogP contribution in [-0.2, 0) is 25.2 Å². The predicted molar refractivity (Wildman–Crippen MR) is 236 cm³/mol. The number of carbonyl (C=O) groups excluding carboxylic acids is 4. The highest BCUT2D eigenvalue weighted by atomic mass is 19.4. The number of aromatic nitrogens is 4. The number of hydrogen-bond donors (Lipinski definition) is 4. The molecule has 352 valence electrons. The molecule has 3 aliphatic heterocycles. The smallest absolute Gasteiger partial charge is 0.419 e. The maximum Gasteiger partial charge on any atom is 0.419 e. The van der Waals surface area contributed by atoms with Crippen molar-refractivity contribution in [3.8, 4) is 0 Å². The van der Waals surface area contributed by atoms with Crippen LogP contribution in [0.25, 0.3) is 22.1 Å². The molecule has 19 heteroatoms. The Bertz CT molecular complexity index is 2480. The van der Waals surface area contributed by atoms with E-state index in [9.17, 15) is 32.3 Å². The number of hydrogen-bond acceptors (Lipinski definition) is 9. The number of nitrogens with zero attached hydrogens (tertiary/aromatic N) is 5. The maximum absolute atomic E-state index is 15.4. The van der Waals surface area contributed by atoms with Gasteiger partial charge >= 0.3 is 18.4 Å². The van der Waals surface area contributed by atoms with Crippen molar-refractivity contribution in [1.82, 2.24) is 40.4 Å². The summed E-state index contributed by atoms with van der Waals surface area (Å²) < 4.78 is 66.4. The molecule has 0 spiro atoms. The standard InChI is InChI=1S/C47H55F4N9O6/c1-24(2)39(56-45(63)65-5)43(61)58-19-7-9-37(58)41-52-31-15-11-26(21-33(31)54-41)35-17-18-36(60(35)28-13-14-29(30(48)23-28)47(49,50)51)27-12-16-32-34(22-27)55-42(53-32)38-10-8-20-59(38)44(62)40(25(3)4)57-46(64)66-6/h11-16,21-25,35-40H,7-10,17-20H2,1-6H3,(H,52,54)(H,53,55)(H,56,63)(H,57,64)/t35-,36-,37+,38+,39+,40+/m1/s1. The fourth-order valence-corrected chi connectivity index (χ4v) is 9.93. The Morgan fingerprint density at radius 3 is 1.70 bits per heavy atom. The van der Waals surface area contributed by atoms with Gasteiger partial charge in [0, 0.05) is 18.8 Å². The Kier molecular flexibility index (Phi) is 12.9. The van der Waals surface area contributed by atoms with Crippen molar-refractivity contribution in [3.63, 3.8) is 0 Å². The van der Waals surface area contributed by atoms with Crippen LogP contribution in [0.2, 0.25) is 0 Å². The van der Waals surface area contributed by atoms with E-state index in [4.69, 9.17) is 19.4 Å². The zero-order valence-electron chi connectivity index (χ0n) is 37.7. The number of imidazole rings is 2. The predicted octanol–water partition coefficient (Wildman–Crippen LogP) is 8.77. The van der Waals surface area contributed by atoms with Crippen LogP contribution < -0.4 is 15.5 Å². The van der Waals surface area contributed by atoms with E-state index in [1.165, 1.54) is 20.3 Å². The first-order valence-corrected chi connectivity index (χ1v) is 22.4. The topological polar surface area (TPSA) is 178 Å². The maximum atomic E-state index is 15.4. The number of methoxy groups -OCH3 is 2. The number of anilines is 1. The minimum atomic E-state index is -4.88. The first-order chi connectivity index (χ1) is 31.5. The van der Waals surface area contributed by atoms with E-state index in [1.807, 2.05) is 69.0 Å². The summed E-state index contributed by atoms with van der Waals surface area (Å²) in [5, 5.41) is 5.33. The second-order valence-corrected chi connectivity index (χ2v) is 18.1. The van der Waals surface area contributed by atoms with Crippen molar-refractivity contribution in [2.24, 2.45) is 11.8 Å². The highest BCUT2D eigenvalue weighted by molar-refractivity contribution is 5.87. The second-order valence-electron chi connectivity index (χ2n) is 18.1. The SMILES string of the molecule is COC(=O)N[C@H](C(=O)N1CCC[C@H]1c1nc2cc([C@H]3CC[C@H](c4ccc5nc([C@@H]6CCCN6C(=O)[C@@H](NC(=O)OC)C(C)C)[nH]c5c4)N3c3ccc(C(F)(F)F)c(F)c3)ccc2[nH]1)C(C)C. The average Bonchev–Trinajstić information content (AvgIpc) is 4.14. The highest BCUT2D eigenvalue weighted by Crippen LogP contribution is 2.49. The molecule has 15 nitrogen and oxygen atoms in total. The molecular weight excluding hydrogens is 863 g/mol. The quantitative estimate of drug-likeness (QED) is 0.0944. The lowest BCUT2D eigenvalue weighted by Crippen LogP contribution is -2.51. The van der Waals surface area contributed by atoms with E-state index >= 15 is 4.39 Å². The third kappa shape index (κ3) is 8.95. The zero-order chi connectivity index (χ0) is 47.2. The number of alkyl carbamates (subject to hydrolysis) is 2. The normalized spacial score (nSPS) is 21.0. The first-order valence-electron chi connectivity index (χ1n) is 22.4. The van der Waals surface area contributed by atoms with Gasteiger partial charge in [-0.15, -0.1) is 0 Å². The molecule has 3 fully saturated rings.